The van der Waals surface area contributed by atoms with Crippen molar-refractivity contribution in [2.75, 3.05) is 5.75 Å². The molecule has 34 heavy (non-hydrogen) atoms. The topological polar surface area (TPSA) is 93.7 Å². The van der Waals surface area contributed by atoms with Crippen LogP contribution in [0, 0.1) is 0 Å². The average molecular weight is 581 g/mol. The van der Waals surface area contributed by atoms with Crippen LogP contribution in [0.3, 0.4) is 0 Å². The van der Waals surface area contributed by atoms with Gasteiger partial charge in [-0.1, -0.05) is 0 Å². The van der Waals surface area contributed by atoms with Crippen molar-refractivity contribution in [2.24, 2.45) is 0 Å². The van der Waals surface area contributed by atoms with Crippen LogP contribution in [0.2, 0.25) is 0 Å². The van der Waals surface area contributed by atoms with Gasteiger partial charge >= 0.3 is 53.6 Å². The molecule has 208 valence electrons. The molecular weight excluding hydrogens is 575 g/mol. The summed E-state index contributed by atoms with van der Waals surface area (Å²) < 4.78 is 274. The second-order valence-electron chi connectivity index (χ2n) is 5.92. The molecule has 0 heterocycles. The molecular formula is C10H6F19NO3S. The molecule has 0 saturated heterocycles. The Balaban J connectivity index is 0. The maximum atomic E-state index is 13.3. The van der Waals surface area contributed by atoms with E-state index in [4.69, 9.17) is 0 Å². The zero-order valence-corrected chi connectivity index (χ0v) is 15.8. The summed E-state index contributed by atoms with van der Waals surface area (Å²) in [4.78, 5) is 0. The summed E-state index contributed by atoms with van der Waals surface area (Å²) in [6, 6.07) is 0. The van der Waals surface area contributed by atoms with Gasteiger partial charge in [-0.05, 0) is 0 Å². The molecule has 4 nitrogen and oxygen atoms in total. The Morgan fingerprint density at radius 3 is 0.853 bits per heavy atom. The normalized spacial score (nSPS) is 16.4. The number of halogens is 19. The van der Waals surface area contributed by atoms with E-state index in [0.717, 1.165) is 0 Å². The Kier molecular flexibility index (Phi) is 8.47. The van der Waals surface area contributed by atoms with E-state index in [1.165, 1.54) is 0 Å². The second kappa shape index (κ2) is 8.30. The van der Waals surface area contributed by atoms with Gasteiger partial charge in [-0.2, -0.15) is 83.4 Å². The fourth-order valence-corrected chi connectivity index (χ4v) is 2.33. The first kappa shape index (κ1) is 34.7. The van der Waals surface area contributed by atoms with E-state index in [9.17, 15) is 96.4 Å². The molecule has 0 fully saturated rings. The Morgan fingerprint density at radius 2 is 0.647 bits per heavy atom. The van der Waals surface area contributed by atoms with Gasteiger partial charge in [-0.15, -0.1) is 0 Å². The van der Waals surface area contributed by atoms with Crippen LogP contribution in [0.4, 0.5) is 83.4 Å². The predicted molar refractivity (Wildman–Crippen MR) is 66.2 cm³/mol. The van der Waals surface area contributed by atoms with Crippen LogP contribution in [-0.2, 0) is 10.1 Å². The molecule has 0 aliphatic rings. The predicted octanol–water partition coefficient (Wildman–Crippen LogP) is 5.55. The molecule has 0 aromatic rings. The van der Waals surface area contributed by atoms with E-state index in [2.05, 4.69) is 0 Å². The first-order valence-corrected chi connectivity index (χ1v) is 8.31. The number of hydrogen-bond donors (Lipinski definition) is 1. The molecule has 0 unspecified atom stereocenters. The summed E-state index contributed by atoms with van der Waals surface area (Å²) in [5.74, 6) is -73.0. The monoisotopic (exact) mass is 581 g/mol. The van der Waals surface area contributed by atoms with Crippen LogP contribution in [-0.4, -0.2) is 72.3 Å². The molecule has 24 heteroatoms. The van der Waals surface area contributed by atoms with Gasteiger partial charge < -0.3 is 10.7 Å². The quantitative estimate of drug-likeness (QED) is 0.286. The van der Waals surface area contributed by atoms with Crippen molar-refractivity contribution in [1.82, 2.24) is 6.15 Å². The van der Waals surface area contributed by atoms with Crippen LogP contribution >= 0.6 is 0 Å². The highest BCUT2D eigenvalue weighted by atomic mass is 32.2. The molecule has 0 spiro atoms. The Morgan fingerprint density at radius 1 is 0.441 bits per heavy atom. The maximum Gasteiger partial charge on any atom is 0.460 e. The van der Waals surface area contributed by atoms with E-state index in [1.807, 2.05) is 0 Å². The minimum absolute atomic E-state index is 0. The smallest absolute Gasteiger partial charge is 0.460 e. The Hall–Kier alpha value is -1.46. The van der Waals surface area contributed by atoms with Crippen molar-refractivity contribution in [3.05, 3.63) is 0 Å². The number of alkyl halides is 19. The minimum atomic E-state index is -9.10. The highest BCUT2D eigenvalue weighted by Gasteiger charge is 2.96. The fourth-order valence-electron chi connectivity index (χ4n) is 1.71. The second-order valence-corrected chi connectivity index (χ2v) is 7.33. The highest BCUT2D eigenvalue weighted by molar-refractivity contribution is 7.85. The summed E-state index contributed by atoms with van der Waals surface area (Å²) >= 11 is 0. The average Bonchev–Trinajstić information content (AvgIpc) is 2.49. The lowest BCUT2D eigenvalue weighted by Crippen LogP contribution is -2.76. The van der Waals surface area contributed by atoms with Gasteiger partial charge in [0.2, 0.25) is 0 Å². The van der Waals surface area contributed by atoms with Gasteiger partial charge in [0, 0.05) is 0 Å². The number of quaternary nitrogens is 1. The van der Waals surface area contributed by atoms with Crippen molar-refractivity contribution in [2.45, 2.75) is 53.6 Å². The molecule has 0 atom stereocenters. The van der Waals surface area contributed by atoms with Crippen LogP contribution in [0.5, 0.6) is 0 Å². The molecule has 0 aromatic carbocycles. The third kappa shape index (κ3) is 4.55. The molecule has 0 rings (SSSR count). The summed E-state index contributed by atoms with van der Waals surface area (Å²) in [5, 5.41) is 0. The van der Waals surface area contributed by atoms with Gasteiger partial charge in [-0.25, -0.2) is 8.42 Å². The van der Waals surface area contributed by atoms with Gasteiger partial charge in [0.1, 0.15) is 15.9 Å². The van der Waals surface area contributed by atoms with Crippen LogP contribution in [0.1, 0.15) is 0 Å². The molecule has 0 aliphatic heterocycles. The molecule has 0 bridgehead atoms. The largest absolute Gasteiger partial charge is 0.748 e. The van der Waals surface area contributed by atoms with Crippen LogP contribution in [0.15, 0.2) is 0 Å². The molecule has 0 aromatic heterocycles. The van der Waals surface area contributed by atoms with Gasteiger partial charge in [0.15, 0.2) is 0 Å². The van der Waals surface area contributed by atoms with E-state index in [0.29, 0.717) is 0 Å². The van der Waals surface area contributed by atoms with Crippen molar-refractivity contribution in [1.29, 1.82) is 0 Å². The summed E-state index contributed by atoms with van der Waals surface area (Å²) in [5.41, 5.74) is 0. The third-order valence-electron chi connectivity index (χ3n) is 3.54. The molecule has 0 radical (unpaired) electrons. The van der Waals surface area contributed by atoms with Gasteiger partial charge in [0.25, 0.3) is 0 Å². The first-order chi connectivity index (χ1) is 13.7. The van der Waals surface area contributed by atoms with E-state index in [1.54, 1.807) is 0 Å². The zero-order chi connectivity index (χ0) is 27.7. The molecule has 4 N–H and O–H groups in total. The molecule has 0 saturated carbocycles. The van der Waals surface area contributed by atoms with E-state index >= 15 is 0 Å². The van der Waals surface area contributed by atoms with E-state index < -0.39 is 69.4 Å². The summed E-state index contributed by atoms with van der Waals surface area (Å²) in [6.45, 7) is 0. The summed E-state index contributed by atoms with van der Waals surface area (Å²) in [6.07, 6.45) is -7.98. The number of hydrogen-bond acceptors (Lipinski definition) is 3. The number of rotatable bonds is 9. The van der Waals surface area contributed by atoms with Crippen molar-refractivity contribution >= 4 is 10.1 Å². The van der Waals surface area contributed by atoms with E-state index in [-0.39, 0.29) is 6.15 Å². The standard InChI is InChI=1S/C10H3F19O3S.H3N/c11-2(12,1-33(30,31)32)3(13,14)4(15,16)5(17,18)6(19,20)7(21,22)8(23,24)9(25,26)10(27,28)29;/h1H2,(H,30,31,32);1H3. The van der Waals surface area contributed by atoms with Crippen molar-refractivity contribution < 1.29 is 96.4 Å². The van der Waals surface area contributed by atoms with Gasteiger partial charge in [0.05, 0.1) is 0 Å². The molecule has 0 amide bonds. The molecule has 0 aliphatic carbocycles. The lowest BCUT2D eigenvalue weighted by Gasteiger charge is -2.43. The van der Waals surface area contributed by atoms with Crippen molar-refractivity contribution in [3.63, 3.8) is 0 Å². The fraction of sp³-hybridized carbons (Fsp3) is 1.00. The Bertz CT molecular complexity index is 845. The lowest BCUT2D eigenvalue weighted by atomic mass is 9.87. The first-order valence-electron chi connectivity index (χ1n) is 6.73. The van der Waals surface area contributed by atoms with Crippen LogP contribution in [0.25, 0.3) is 0 Å². The zero-order valence-electron chi connectivity index (χ0n) is 15.0. The van der Waals surface area contributed by atoms with Gasteiger partial charge in [-0.3, -0.25) is 0 Å². The maximum absolute atomic E-state index is 13.3. The lowest BCUT2D eigenvalue weighted by molar-refractivity contribution is -0.468. The SMILES string of the molecule is O=S(=O)([O-])CC(F)(F)C(F)(F)C(F)(F)C(F)(F)C(F)(F)C(F)(F)C(F)(F)C(F)(F)C(F)(F)F.[NH4+]. The minimum Gasteiger partial charge on any atom is -0.748 e. The van der Waals surface area contributed by atoms with Crippen LogP contribution < -0.4 is 6.15 Å². The van der Waals surface area contributed by atoms with Crippen molar-refractivity contribution in [3.8, 4) is 0 Å². The third-order valence-corrected chi connectivity index (χ3v) is 4.26. The summed E-state index contributed by atoms with van der Waals surface area (Å²) in [7, 11) is -6.83. The Labute approximate surface area is 173 Å². The highest BCUT2D eigenvalue weighted by Crippen LogP contribution is 2.65.